The van der Waals surface area contributed by atoms with Crippen LogP contribution in [0, 0.1) is 5.92 Å². The van der Waals surface area contributed by atoms with Gasteiger partial charge in [-0.05, 0) is 6.07 Å². The summed E-state index contributed by atoms with van der Waals surface area (Å²) < 4.78 is 1.66. The molecule has 0 unspecified atom stereocenters. The lowest BCUT2D eigenvalue weighted by Gasteiger charge is -2.13. The Morgan fingerprint density at radius 2 is 2.17 bits per heavy atom. The number of carbonyl (C=O) groups is 1. The lowest BCUT2D eigenvalue weighted by molar-refractivity contribution is -0.728. The first kappa shape index (κ1) is 12.9. The normalized spacial score (nSPS) is 31.5. The molecule has 0 aliphatic heterocycles. The predicted octanol–water partition coefficient (Wildman–Crippen LogP) is -1.65. The number of nitrogens with two attached hydrogens (primary N) is 1. The van der Waals surface area contributed by atoms with Gasteiger partial charge < -0.3 is 21.1 Å². The van der Waals surface area contributed by atoms with Gasteiger partial charge in [-0.1, -0.05) is 0 Å². The topological polar surface area (TPSA) is 108 Å². The second-order valence-electron chi connectivity index (χ2n) is 4.63. The largest absolute Gasteiger partial charge is 0.396 e. The molecule has 0 spiro atoms. The maximum absolute atomic E-state index is 11.1. The number of rotatable bonds is 3. The average Bonchev–Trinajstić information content (AvgIpc) is 2.66. The highest BCUT2D eigenvalue weighted by Crippen LogP contribution is 2.31. The second kappa shape index (κ2) is 5.01. The summed E-state index contributed by atoms with van der Waals surface area (Å²) in [7, 11) is 0. The number of nitrogens with zero attached hydrogens (tertiary/aromatic N) is 1. The molecule has 0 aromatic carbocycles. The van der Waals surface area contributed by atoms with Gasteiger partial charge in [-0.2, -0.15) is 4.57 Å². The lowest BCUT2D eigenvalue weighted by Crippen LogP contribution is -2.45. The molecule has 0 bridgehead atoms. The van der Waals surface area contributed by atoms with Gasteiger partial charge in [0.25, 0.3) is 5.91 Å². The van der Waals surface area contributed by atoms with Gasteiger partial charge in [0, 0.05) is 25.0 Å². The molecule has 18 heavy (non-hydrogen) atoms. The highest BCUT2D eigenvalue weighted by molar-refractivity contribution is 5.92. The SMILES string of the molecule is NC(=O)c1ccc[n+]([C@@H]2C[C@H](CO)[C@@H](O)[C@H]2O)c1. The van der Waals surface area contributed by atoms with Crippen molar-refractivity contribution < 1.29 is 24.7 Å². The number of amides is 1. The second-order valence-corrected chi connectivity index (χ2v) is 4.63. The summed E-state index contributed by atoms with van der Waals surface area (Å²) in [6.07, 6.45) is 1.78. The molecule has 1 heterocycles. The zero-order chi connectivity index (χ0) is 13.3. The number of hydrogen-bond acceptors (Lipinski definition) is 4. The Labute approximate surface area is 104 Å². The van der Waals surface area contributed by atoms with Gasteiger partial charge in [-0.25, -0.2) is 0 Å². The fourth-order valence-corrected chi connectivity index (χ4v) is 2.42. The van der Waals surface area contributed by atoms with Crippen molar-refractivity contribution in [2.24, 2.45) is 11.7 Å². The average molecular weight is 253 g/mol. The van der Waals surface area contributed by atoms with E-state index in [0.717, 1.165) is 0 Å². The Hall–Kier alpha value is -1.50. The van der Waals surface area contributed by atoms with E-state index in [0.29, 0.717) is 12.0 Å². The molecule has 5 N–H and O–H groups in total. The molecule has 1 saturated carbocycles. The van der Waals surface area contributed by atoms with Crippen LogP contribution in [0.4, 0.5) is 0 Å². The maximum Gasteiger partial charge on any atom is 0.254 e. The monoisotopic (exact) mass is 253 g/mol. The van der Waals surface area contributed by atoms with Gasteiger partial charge >= 0.3 is 0 Å². The third-order valence-corrected chi connectivity index (χ3v) is 3.50. The quantitative estimate of drug-likeness (QED) is 0.484. The highest BCUT2D eigenvalue weighted by atomic mass is 16.3. The molecule has 1 amide bonds. The van der Waals surface area contributed by atoms with Crippen LogP contribution in [0.25, 0.3) is 0 Å². The molecule has 4 atom stereocenters. The van der Waals surface area contributed by atoms with Gasteiger partial charge in [-0.15, -0.1) is 0 Å². The number of aliphatic hydroxyl groups excluding tert-OH is 3. The molecule has 2 rings (SSSR count). The molecule has 1 fully saturated rings. The lowest BCUT2D eigenvalue weighted by atomic mass is 10.1. The molecular formula is C12H17N2O4+. The Bertz CT molecular complexity index is 451. The first-order chi connectivity index (χ1) is 8.54. The smallest absolute Gasteiger partial charge is 0.254 e. The Morgan fingerprint density at radius 3 is 2.72 bits per heavy atom. The van der Waals surface area contributed by atoms with Crippen LogP contribution in [0.3, 0.4) is 0 Å². The molecule has 0 radical (unpaired) electrons. The van der Waals surface area contributed by atoms with Crippen molar-refractivity contribution in [1.82, 2.24) is 0 Å². The van der Waals surface area contributed by atoms with E-state index in [1.807, 2.05) is 0 Å². The third-order valence-electron chi connectivity index (χ3n) is 3.50. The fourth-order valence-electron chi connectivity index (χ4n) is 2.42. The number of carbonyl (C=O) groups excluding carboxylic acids is 1. The van der Waals surface area contributed by atoms with Crippen LogP contribution >= 0.6 is 0 Å². The minimum absolute atomic E-state index is 0.176. The van der Waals surface area contributed by atoms with E-state index in [9.17, 15) is 15.0 Å². The summed E-state index contributed by atoms with van der Waals surface area (Å²) >= 11 is 0. The van der Waals surface area contributed by atoms with E-state index >= 15 is 0 Å². The maximum atomic E-state index is 11.1. The molecule has 1 aliphatic carbocycles. The zero-order valence-corrected chi connectivity index (χ0v) is 9.81. The van der Waals surface area contributed by atoms with Crippen LogP contribution in [0.5, 0.6) is 0 Å². The van der Waals surface area contributed by atoms with Crippen LogP contribution in [-0.4, -0.2) is 40.0 Å². The van der Waals surface area contributed by atoms with E-state index in [1.54, 1.807) is 29.1 Å². The van der Waals surface area contributed by atoms with Gasteiger partial charge in [-0.3, -0.25) is 4.79 Å². The van der Waals surface area contributed by atoms with Crippen LogP contribution in [0.1, 0.15) is 22.8 Å². The molecule has 0 saturated heterocycles. The van der Waals surface area contributed by atoms with Crippen molar-refractivity contribution in [3.63, 3.8) is 0 Å². The Morgan fingerprint density at radius 1 is 1.44 bits per heavy atom. The highest BCUT2D eigenvalue weighted by Gasteiger charge is 2.46. The summed E-state index contributed by atoms with van der Waals surface area (Å²) in [5.41, 5.74) is 5.53. The van der Waals surface area contributed by atoms with Gasteiger partial charge in [0.15, 0.2) is 18.4 Å². The predicted molar refractivity (Wildman–Crippen MR) is 61.4 cm³/mol. The molecular weight excluding hydrogens is 236 g/mol. The first-order valence-corrected chi connectivity index (χ1v) is 5.82. The summed E-state index contributed by atoms with van der Waals surface area (Å²) in [6, 6.07) is 2.88. The van der Waals surface area contributed by atoms with Crippen molar-refractivity contribution in [3.8, 4) is 0 Å². The van der Waals surface area contributed by atoms with Crippen molar-refractivity contribution in [3.05, 3.63) is 30.1 Å². The van der Waals surface area contributed by atoms with Gasteiger partial charge in [0.1, 0.15) is 11.7 Å². The van der Waals surface area contributed by atoms with Crippen molar-refractivity contribution in [2.45, 2.75) is 24.7 Å². The third kappa shape index (κ3) is 2.22. The number of aliphatic hydroxyl groups is 3. The molecule has 6 heteroatoms. The minimum Gasteiger partial charge on any atom is -0.396 e. The fraction of sp³-hybridized carbons (Fsp3) is 0.500. The number of aromatic nitrogens is 1. The number of primary amides is 1. The Kier molecular flexibility index (Phi) is 3.60. The van der Waals surface area contributed by atoms with E-state index in [2.05, 4.69) is 0 Å². The molecule has 1 aromatic rings. The minimum atomic E-state index is -0.963. The van der Waals surface area contributed by atoms with Gasteiger partial charge in [0.05, 0.1) is 6.10 Å². The molecule has 98 valence electrons. The molecule has 1 aliphatic rings. The van der Waals surface area contributed by atoms with Crippen LogP contribution < -0.4 is 10.3 Å². The van der Waals surface area contributed by atoms with E-state index < -0.39 is 18.1 Å². The Balaban J connectivity index is 2.27. The van der Waals surface area contributed by atoms with Crippen molar-refractivity contribution >= 4 is 5.91 Å². The summed E-state index contributed by atoms with van der Waals surface area (Å²) in [4.78, 5) is 11.1. The summed E-state index contributed by atoms with van der Waals surface area (Å²) in [5.74, 6) is -0.897. The van der Waals surface area contributed by atoms with Crippen LogP contribution in [0.2, 0.25) is 0 Å². The molecule has 1 aromatic heterocycles. The van der Waals surface area contributed by atoms with Gasteiger partial charge in [0.2, 0.25) is 0 Å². The summed E-state index contributed by atoms with van der Waals surface area (Å²) in [5, 5.41) is 28.8. The van der Waals surface area contributed by atoms with Crippen LogP contribution in [0.15, 0.2) is 24.5 Å². The van der Waals surface area contributed by atoms with Crippen LogP contribution in [-0.2, 0) is 0 Å². The van der Waals surface area contributed by atoms with E-state index in [-0.39, 0.29) is 18.6 Å². The number of pyridine rings is 1. The summed E-state index contributed by atoms with van der Waals surface area (Å²) in [6.45, 7) is -0.176. The van der Waals surface area contributed by atoms with Crippen molar-refractivity contribution in [1.29, 1.82) is 0 Å². The standard InChI is InChI=1S/C12H16N2O4/c13-12(18)7-2-1-3-14(5-7)9-4-8(6-15)10(16)11(9)17/h1-3,5,8-11,15-17H,4,6H2,(H-,13,18)/p+1/t8-,9-,10-,11+/m1/s1. The molecule has 6 nitrogen and oxygen atoms in total. The number of hydrogen-bond donors (Lipinski definition) is 4. The van der Waals surface area contributed by atoms with E-state index in [4.69, 9.17) is 10.8 Å². The van der Waals surface area contributed by atoms with E-state index in [1.165, 1.54) is 0 Å². The first-order valence-electron chi connectivity index (χ1n) is 5.82. The zero-order valence-electron chi connectivity index (χ0n) is 9.81. The van der Waals surface area contributed by atoms with Crippen molar-refractivity contribution in [2.75, 3.05) is 6.61 Å².